The maximum absolute atomic E-state index is 12.6. The fourth-order valence-electron chi connectivity index (χ4n) is 1.34. The number of alkyl halides is 2. The van der Waals surface area contributed by atoms with Gasteiger partial charge in [-0.3, -0.25) is 9.67 Å². The highest BCUT2D eigenvalue weighted by Crippen LogP contribution is 2.22. The molecule has 98 valence electrons. The molecule has 0 amide bonds. The molecule has 18 heavy (non-hydrogen) atoms. The van der Waals surface area contributed by atoms with E-state index in [4.69, 9.17) is 0 Å². The van der Waals surface area contributed by atoms with E-state index in [-0.39, 0.29) is 5.92 Å². The summed E-state index contributed by atoms with van der Waals surface area (Å²) in [5, 5.41) is 7.37. The number of imidazole rings is 1. The third-order valence-electron chi connectivity index (χ3n) is 2.32. The lowest BCUT2D eigenvalue weighted by Crippen LogP contribution is -2.02. The lowest BCUT2D eigenvalue weighted by atomic mass is 10.2. The number of nitrogens with zero attached hydrogens (tertiary/aromatic N) is 4. The second-order valence-corrected chi connectivity index (χ2v) is 4.92. The second-order valence-electron chi connectivity index (χ2n) is 3.97. The van der Waals surface area contributed by atoms with Crippen LogP contribution in [-0.4, -0.2) is 24.7 Å². The molecule has 0 bridgehead atoms. The monoisotopic (exact) mass is 273 g/mol. The topological polar surface area (TPSA) is 59.4 Å². The van der Waals surface area contributed by atoms with Crippen LogP contribution < -0.4 is 0 Å². The maximum atomic E-state index is 12.6. The fraction of sp³-hybridized carbons (Fsp3) is 0.500. The number of halogens is 2. The van der Waals surface area contributed by atoms with E-state index in [2.05, 4.69) is 20.2 Å². The van der Waals surface area contributed by atoms with Crippen LogP contribution in [0.3, 0.4) is 0 Å². The van der Waals surface area contributed by atoms with Crippen LogP contribution >= 0.6 is 11.8 Å². The van der Waals surface area contributed by atoms with E-state index in [0.717, 1.165) is 10.4 Å². The van der Waals surface area contributed by atoms with Gasteiger partial charge in [-0.05, 0) is 0 Å². The van der Waals surface area contributed by atoms with E-state index >= 15 is 0 Å². The summed E-state index contributed by atoms with van der Waals surface area (Å²) in [5.74, 6) is 1.67. The Balaban J connectivity index is 2.00. The van der Waals surface area contributed by atoms with Crippen LogP contribution in [0.1, 0.15) is 38.0 Å². The fourth-order valence-corrected chi connectivity index (χ4v) is 2.10. The Morgan fingerprint density at radius 2 is 2.22 bits per heavy atom. The molecular weight excluding hydrogens is 260 g/mol. The zero-order chi connectivity index (χ0) is 13.1. The van der Waals surface area contributed by atoms with Crippen LogP contribution in [0.25, 0.3) is 0 Å². The molecule has 0 spiro atoms. The van der Waals surface area contributed by atoms with Crippen molar-refractivity contribution in [2.24, 2.45) is 0 Å². The molecule has 0 aliphatic heterocycles. The van der Waals surface area contributed by atoms with E-state index in [1.54, 1.807) is 0 Å². The highest BCUT2D eigenvalue weighted by atomic mass is 32.2. The minimum atomic E-state index is -2.57. The Labute approximate surface area is 107 Å². The van der Waals surface area contributed by atoms with Crippen molar-refractivity contribution < 1.29 is 8.78 Å². The molecule has 0 aliphatic carbocycles. The van der Waals surface area contributed by atoms with Gasteiger partial charge in [0.1, 0.15) is 11.6 Å². The van der Waals surface area contributed by atoms with Gasteiger partial charge in [0.25, 0.3) is 0 Å². The number of hydrogen-bond acceptors (Lipinski definition) is 4. The number of rotatable bonds is 5. The number of aromatic nitrogens is 5. The molecule has 8 heteroatoms. The van der Waals surface area contributed by atoms with Gasteiger partial charge in [0, 0.05) is 18.3 Å². The van der Waals surface area contributed by atoms with Crippen molar-refractivity contribution in [3.8, 4) is 0 Å². The lowest BCUT2D eigenvalue weighted by molar-refractivity contribution is 0.0678. The Morgan fingerprint density at radius 3 is 2.83 bits per heavy atom. The Bertz CT molecular complexity index is 508. The first kappa shape index (κ1) is 13.0. The molecule has 0 aliphatic rings. The van der Waals surface area contributed by atoms with Crippen molar-refractivity contribution in [3.63, 3.8) is 0 Å². The number of aromatic amines is 1. The molecule has 0 unspecified atom stereocenters. The summed E-state index contributed by atoms with van der Waals surface area (Å²) < 4.78 is 26.0. The van der Waals surface area contributed by atoms with Crippen LogP contribution in [0.5, 0.6) is 0 Å². The van der Waals surface area contributed by atoms with Crippen molar-refractivity contribution in [2.45, 2.75) is 37.2 Å². The number of hydrogen-bond donors (Lipinski definition) is 1. The van der Waals surface area contributed by atoms with Gasteiger partial charge in [0.05, 0.1) is 5.75 Å². The summed E-state index contributed by atoms with van der Waals surface area (Å²) in [5.41, 5.74) is 0. The summed E-state index contributed by atoms with van der Waals surface area (Å²) in [7, 11) is 0. The van der Waals surface area contributed by atoms with Crippen molar-refractivity contribution in [2.75, 3.05) is 0 Å². The molecule has 0 radical (unpaired) electrons. The molecule has 0 atom stereocenters. The first-order valence-electron chi connectivity index (χ1n) is 5.43. The van der Waals surface area contributed by atoms with Gasteiger partial charge in [0.2, 0.25) is 5.16 Å². The molecule has 0 aromatic carbocycles. The predicted octanol–water partition coefficient (Wildman–Crippen LogP) is 2.81. The van der Waals surface area contributed by atoms with Gasteiger partial charge < -0.3 is 0 Å². The Morgan fingerprint density at radius 1 is 1.44 bits per heavy atom. The molecule has 2 rings (SSSR count). The molecule has 0 fully saturated rings. The molecule has 1 N–H and O–H groups in total. The lowest BCUT2D eigenvalue weighted by Gasteiger charge is -2.04. The first-order chi connectivity index (χ1) is 8.58. The molecule has 0 saturated carbocycles. The molecule has 5 nitrogen and oxygen atoms in total. The minimum absolute atomic E-state index is 0.259. The van der Waals surface area contributed by atoms with Crippen molar-refractivity contribution in [1.29, 1.82) is 0 Å². The third kappa shape index (κ3) is 2.87. The number of thioether (sulfide) groups is 1. The van der Waals surface area contributed by atoms with E-state index in [9.17, 15) is 8.78 Å². The maximum Gasteiger partial charge on any atom is 0.319 e. The van der Waals surface area contributed by atoms with Gasteiger partial charge in [-0.1, -0.05) is 25.6 Å². The summed E-state index contributed by atoms with van der Waals surface area (Å²) >= 11 is 1.28. The van der Waals surface area contributed by atoms with Crippen molar-refractivity contribution in [3.05, 3.63) is 24.0 Å². The third-order valence-corrected chi connectivity index (χ3v) is 3.16. The molecular formula is C10H13F2N5S. The highest BCUT2D eigenvalue weighted by molar-refractivity contribution is 7.98. The first-order valence-corrected chi connectivity index (χ1v) is 6.41. The average molecular weight is 273 g/mol. The van der Waals surface area contributed by atoms with E-state index in [0.29, 0.717) is 16.7 Å². The van der Waals surface area contributed by atoms with Crippen LogP contribution in [0.4, 0.5) is 8.78 Å². The van der Waals surface area contributed by atoms with Gasteiger partial charge in [-0.15, -0.1) is 5.10 Å². The van der Waals surface area contributed by atoms with Crippen LogP contribution in [0, 0.1) is 0 Å². The van der Waals surface area contributed by atoms with Gasteiger partial charge in [-0.2, -0.15) is 8.78 Å². The highest BCUT2D eigenvalue weighted by Gasteiger charge is 2.13. The molecule has 2 heterocycles. The van der Waals surface area contributed by atoms with E-state index in [1.165, 1.54) is 24.2 Å². The number of H-pyrrole nitrogens is 1. The number of nitrogens with one attached hydrogen (secondary N) is 1. The summed E-state index contributed by atoms with van der Waals surface area (Å²) in [4.78, 5) is 8.15. The SMILES string of the molecule is CC(C)c1nc(SCc2nccn2C(F)F)n[nH]1. The van der Waals surface area contributed by atoms with Crippen LogP contribution in [0.2, 0.25) is 0 Å². The van der Waals surface area contributed by atoms with Crippen LogP contribution in [0.15, 0.2) is 17.6 Å². The Kier molecular flexibility index (Phi) is 3.95. The summed E-state index contributed by atoms with van der Waals surface area (Å²) in [6, 6.07) is 0. The summed E-state index contributed by atoms with van der Waals surface area (Å²) in [6.45, 7) is 1.43. The van der Waals surface area contributed by atoms with Crippen molar-refractivity contribution in [1.82, 2.24) is 24.7 Å². The van der Waals surface area contributed by atoms with Gasteiger partial charge >= 0.3 is 6.55 Å². The normalized spacial score (nSPS) is 11.7. The quantitative estimate of drug-likeness (QED) is 0.851. The van der Waals surface area contributed by atoms with E-state index < -0.39 is 6.55 Å². The molecule has 2 aromatic heterocycles. The van der Waals surface area contributed by atoms with Crippen LogP contribution in [-0.2, 0) is 5.75 Å². The molecule has 2 aromatic rings. The summed E-state index contributed by atoms with van der Waals surface area (Å²) in [6.07, 6.45) is 2.62. The minimum Gasteiger partial charge on any atom is -0.277 e. The van der Waals surface area contributed by atoms with Crippen molar-refractivity contribution >= 4 is 11.8 Å². The zero-order valence-corrected chi connectivity index (χ0v) is 10.8. The average Bonchev–Trinajstić information content (AvgIpc) is 2.95. The van der Waals surface area contributed by atoms with Gasteiger partial charge in [-0.25, -0.2) is 9.97 Å². The largest absolute Gasteiger partial charge is 0.319 e. The second kappa shape index (κ2) is 5.47. The van der Waals surface area contributed by atoms with Gasteiger partial charge in [0.15, 0.2) is 0 Å². The molecule has 0 saturated heterocycles. The van der Waals surface area contributed by atoms with E-state index in [1.807, 2.05) is 13.8 Å². The Hall–Kier alpha value is -1.44. The standard InChI is InChI=1S/C10H13F2N5S/c1-6(2)8-14-10(16-15-8)18-5-7-13-3-4-17(7)9(11)12/h3-4,6,9H,5H2,1-2H3,(H,14,15,16). The smallest absolute Gasteiger partial charge is 0.277 e. The zero-order valence-electron chi connectivity index (χ0n) is 9.97. The predicted molar refractivity (Wildman–Crippen MR) is 63.5 cm³/mol.